The molecule has 168 valence electrons. The van der Waals surface area contributed by atoms with Crippen molar-refractivity contribution in [2.75, 3.05) is 13.7 Å². The van der Waals surface area contributed by atoms with Crippen LogP contribution in [0.4, 0.5) is 0 Å². The Morgan fingerprint density at radius 1 is 1.19 bits per heavy atom. The Labute approximate surface area is 189 Å². The Morgan fingerprint density at radius 2 is 1.97 bits per heavy atom. The van der Waals surface area contributed by atoms with Gasteiger partial charge in [0.15, 0.2) is 5.84 Å². The van der Waals surface area contributed by atoms with Gasteiger partial charge in [0.05, 0.1) is 7.11 Å². The number of H-pyrrole nitrogens is 1. The zero-order valence-electron chi connectivity index (χ0n) is 18.8. The summed E-state index contributed by atoms with van der Waals surface area (Å²) in [7, 11) is 1.76. The second-order valence-electron chi connectivity index (χ2n) is 9.36. The maximum Gasteiger partial charge on any atom is 0.170 e. The number of nitrogens with one attached hydrogen (secondary N) is 1. The van der Waals surface area contributed by atoms with E-state index >= 15 is 0 Å². The first-order valence-corrected chi connectivity index (χ1v) is 11.5. The minimum absolute atomic E-state index is 0.146. The number of nitrogens with two attached hydrogens (primary N) is 1. The predicted octanol–water partition coefficient (Wildman–Crippen LogP) is 4.94. The van der Waals surface area contributed by atoms with Gasteiger partial charge >= 0.3 is 0 Å². The molecule has 6 nitrogen and oxygen atoms in total. The molecule has 2 aromatic carbocycles. The highest BCUT2D eigenvalue weighted by atomic mass is 16.5. The maximum absolute atomic E-state index is 8.99. The predicted molar refractivity (Wildman–Crippen MR) is 127 cm³/mol. The third-order valence-electron chi connectivity index (χ3n) is 7.43. The monoisotopic (exact) mass is 432 g/mol. The van der Waals surface area contributed by atoms with E-state index < -0.39 is 0 Å². The molecule has 4 N–H and O–H groups in total. The third-order valence-corrected chi connectivity index (χ3v) is 7.43. The second-order valence-corrected chi connectivity index (χ2v) is 9.36. The molecule has 0 bridgehead atoms. The zero-order valence-corrected chi connectivity index (χ0v) is 18.8. The van der Waals surface area contributed by atoms with Gasteiger partial charge in [-0.05, 0) is 74.2 Å². The van der Waals surface area contributed by atoms with Gasteiger partial charge in [0.2, 0.25) is 0 Å². The van der Waals surface area contributed by atoms with Crippen LogP contribution in [0.15, 0.2) is 47.8 Å². The summed E-state index contributed by atoms with van der Waals surface area (Å²) in [6, 6.07) is 12.8. The number of oxime groups is 1. The molecule has 5 rings (SSSR count). The number of piperidine rings is 1. The molecule has 0 spiro atoms. The highest BCUT2D eigenvalue weighted by molar-refractivity contribution is 5.97. The smallest absolute Gasteiger partial charge is 0.170 e. The number of amidine groups is 1. The molecule has 32 heavy (non-hydrogen) atoms. The number of ether oxygens (including phenoxy) is 1. The molecule has 1 aliphatic heterocycles. The molecule has 1 aliphatic carbocycles. The van der Waals surface area contributed by atoms with Gasteiger partial charge in [-0.3, -0.25) is 4.90 Å². The van der Waals surface area contributed by atoms with E-state index in [0.717, 1.165) is 36.2 Å². The summed E-state index contributed by atoms with van der Waals surface area (Å²) in [5.74, 6) is 2.81. The van der Waals surface area contributed by atoms with Crippen molar-refractivity contribution in [1.29, 1.82) is 0 Å². The molecule has 2 unspecified atom stereocenters. The minimum Gasteiger partial charge on any atom is -0.496 e. The van der Waals surface area contributed by atoms with Crippen LogP contribution in [0.25, 0.3) is 10.9 Å². The Balaban J connectivity index is 1.49. The molecule has 0 amide bonds. The van der Waals surface area contributed by atoms with Crippen LogP contribution in [0.1, 0.15) is 54.0 Å². The van der Waals surface area contributed by atoms with Crippen LogP contribution in [0.2, 0.25) is 0 Å². The van der Waals surface area contributed by atoms with Crippen LogP contribution in [0.3, 0.4) is 0 Å². The molecule has 6 heteroatoms. The van der Waals surface area contributed by atoms with Gasteiger partial charge in [-0.15, -0.1) is 0 Å². The second kappa shape index (κ2) is 8.51. The Morgan fingerprint density at radius 3 is 2.66 bits per heavy atom. The van der Waals surface area contributed by atoms with Gasteiger partial charge in [0.25, 0.3) is 0 Å². The molecule has 0 radical (unpaired) electrons. The molecule has 2 atom stereocenters. The van der Waals surface area contributed by atoms with Crippen LogP contribution < -0.4 is 10.5 Å². The van der Waals surface area contributed by atoms with Crippen molar-refractivity contribution in [2.45, 2.75) is 45.2 Å². The summed E-state index contributed by atoms with van der Waals surface area (Å²) >= 11 is 0. The van der Waals surface area contributed by atoms with Crippen molar-refractivity contribution in [3.05, 3.63) is 64.8 Å². The van der Waals surface area contributed by atoms with E-state index in [1.165, 1.54) is 53.3 Å². The number of aryl methyl sites for hydroxylation is 1. The molecule has 1 aromatic heterocycles. The number of rotatable bonds is 6. The summed E-state index contributed by atoms with van der Waals surface area (Å²) in [4.78, 5) is 6.00. The lowest BCUT2D eigenvalue weighted by molar-refractivity contribution is 0.0954. The number of benzene rings is 2. The molecule has 1 saturated carbocycles. The number of hydrogen-bond acceptors (Lipinski definition) is 4. The average Bonchev–Trinajstić information content (AvgIpc) is 3.56. The molecule has 1 saturated heterocycles. The molecular weight excluding hydrogens is 400 g/mol. The van der Waals surface area contributed by atoms with E-state index in [1.807, 2.05) is 18.3 Å². The van der Waals surface area contributed by atoms with Gasteiger partial charge in [-0.2, -0.15) is 0 Å². The van der Waals surface area contributed by atoms with E-state index in [0.29, 0.717) is 6.04 Å². The van der Waals surface area contributed by atoms with Crippen molar-refractivity contribution < 1.29 is 9.94 Å². The summed E-state index contributed by atoms with van der Waals surface area (Å²) in [5, 5.41) is 13.4. The lowest BCUT2D eigenvalue weighted by Crippen LogP contribution is -2.37. The SMILES string of the molecule is COc1cc(C)c2[nH]ccc2c1CN1CCC(C2CC2)CC1c1ccc(/C(N)=N/O)cc1. The standard InChI is InChI=1S/C26H32N4O2/c1-16-13-24(32-2)22(21-9-11-28-25(16)21)15-30-12-10-20(17-3-4-17)14-23(30)18-5-7-19(8-6-18)26(27)29-31/h5-9,11,13,17,20,23,28,31H,3-4,10,12,14-15H2,1-2H3,(H2,27,29). The van der Waals surface area contributed by atoms with Crippen molar-refractivity contribution in [3.63, 3.8) is 0 Å². The Kier molecular flexibility index (Phi) is 5.55. The molecule has 2 heterocycles. The van der Waals surface area contributed by atoms with Gasteiger partial charge in [-0.25, -0.2) is 0 Å². The van der Waals surface area contributed by atoms with E-state index in [2.05, 4.69) is 46.2 Å². The number of aromatic nitrogens is 1. The third kappa shape index (κ3) is 3.84. The van der Waals surface area contributed by atoms with Crippen LogP contribution in [0, 0.1) is 18.8 Å². The minimum atomic E-state index is 0.146. The van der Waals surface area contributed by atoms with Crippen molar-refractivity contribution in [3.8, 4) is 5.75 Å². The molecule has 2 fully saturated rings. The van der Waals surface area contributed by atoms with E-state index in [4.69, 9.17) is 15.7 Å². The van der Waals surface area contributed by atoms with Crippen LogP contribution in [0.5, 0.6) is 5.75 Å². The topological polar surface area (TPSA) is 86.9 Å². The van der Waals surface area contributed by atoms with E-state index in [9.17, 15) is 0 Å². The molecule has 3 aromatic rings. The first-order valence-electron chi connectivity index (χ1n) is 11.5. The average molecular weight is 433 g/mol. The number of fused-ring (bicyclic) bond motifs is 1. The van der Waals surface area contributed by atoms with E-state index in [-0.39, 0.29) is 5.84 Å². The first-order chi connectivity index (χ1) is 15.6. The van der Waals surface area contributed by atoms with Gasteiger partial charge < -0.3 is 20.7 Å². The van der Waals surface area contributed by atoms with Crippen molar-refractivity contribution in [2.24, 2.45) is 22.7 Å². The number of aromatic amines is 1. The highest BCUT2D eigenvalue weighted by Crippen LogP contribution is 2.47. The van der Waals surface area contributed by atoms with Crippen molar-refractivity contribution >= 4 is 16.7 Å². The van der Waals surface area contributed by atoms with Gasteiger partial charge in [0, 0.05) is 40.8 Å². The largest absolute Gasteiger partial charge is 0.496 e. The van der Waals surface area contributed by atoms with Crippen molar-refractivity contribution in [1.82, 2.24) is 9.88 Å². The fraction of sp³-hybridized carbons (Fsp3) is 0.423. The Hall–Kier alpha value is -2.99. The first kappa shape index (κ1) is 20.9. The fourth-order valence-electron chi connectivity index (χ4n) is 5.49. The summed E-state index contributed by atoms with van der Waals surface area (Å²) in [6.45, 7) is 4.05. The number of hydrogen-bond donors (Lipinski definition) is 3. The van der Waals surface area contributed by atoms with Gasteiger partial charge in [0.1, 0.15) is 5.75 Å². The van der Waals surface area contributed by atoms with E-state index in [1.54, 1.807) is 7.11 Å². The fourth-order valence-corrected chi connectivity index (χ4v) is 5.49. The van der Waals surface area contributed by atoms with Gasteiger partial charge in [-0.1, -0.05) is 29.4 Å². The number of likely N-dealkylation sites (tertiary alicyclic amines) is 1. The highest BCUT2D eigenvalue weighted by Gasteiger charge is 2.38. The maximum atomic E-state index is 8.99. The molecule has 2 aliphatic rings. The lowest BCUT2D eigenvalue weighted by Gasteiger charge is -2.40. The van der Waals surface area contributed by atoms with Crippen LogP contribution in [-0.4, -0.2) is 34.6 Å². The summed E-state index contributed by atoms with van der Waals surface area (Å²) < 4.78 is 5.82. The van der Waals surface area contributed by atoms with Crippen LogP contribution >= 0.6 is 0 Å². The Bertz CT molecular complexity index is 1130. The summed E-state index contributed by atoms with van der Waals surface area (Å²) in [6.07, 6.45) is 7.22. The quantitative estimate of drug-likeness (QED) is 0.223. The lowest BCUT2D eigenvalue weighted by atomic mass is 9.83. The normalized spacial score (nSPS) is 22.4. The summed E-state index contributed by atoms with van der Waals surface area (Å²) in [5.41, 5.74) is 11.5. The zero-order chi connectivity index (χ0) is 22.2. The number of methoxy groups -OCH3 is 1. The number of nitrogens with zero attached hydrogens (tertiary/aromatic N) is 2. The van der Waals surface area contributed by atoms with Crippen LogP contribution in [-0.2, 0) is 6.54 Å². The molecular formula is C26H32N4O2.